The SMILES string of the molecule is O=C(O)c1ccc2nc(Cc3ccc(Oc4nc(Cc5ccc(Cl)cc5)ncc4F)cc3F)n(CC3CCO3)c2n1. The van der Waals surface area contributed by atoms with Crippen LogP contribution in [-0.2, 0) is 24.1 Å². The number of aromatic carboxylic acids is 1. The van der Waals surface area contributed by atoms with E-state index in [1.165, 1.54) is 18.2 Å². The first-order valence-electron chi connectivity index (χ1n) is 12.8. The number of ether oxygens (including phenoxy) is 2. The van der Waals surface area contributed by atoms with Crippen LogP contribution in [-0.4, -0.2) is 48.3 Å². The summed E-state index contributed by atoms with van der Waals surface area (Å²) in [5, 5.41) is 9.97. The Balaban J connectivity index is 1.23. The molecule has 9 nitrogen and oxygen atoms in total. The van der Waals surface area contributed by atoms with Crippen molar-refractivity contribution in [3.63, 3.8) is 0 Å². The van der Waals surface area contributed by atoms with Crippen molar-refractivity contribution in [1.29, 1.82) is 0 Å². The van der Waals surface area contributed by atoms with E-state index in [0.717, 1.165) is 24.2 Å². The van der Waals surface area contributed by atoms with Crippen molar-refractivity contribution in [2.75, 3.05) is 6.61 Å². The van der Waals surface area contributed by atoms with E-state index in [-0.39, 0.29) is 29.8 Å². The Morgan fingerprint density at radius 3 is 2.56 bits per heavy atom. The van der Waals surface area contributed by atoms with Gasteiger partial charge < -0.3 is 19.1 Å². The first-order valence-corrected chi connectivity index (χ1v) is 13.1. The molecule has 1 N–H and O–H groups in total. The molecule has 1 aliphatic heterocycles. The van der Waals surface area contributed by atoms with Gasteiger partial charge in [-0.3, -0.25) is 0 Å². The summed E-state index contributed by atoms with van der Waals surface area (Å²) in [5.41, 5.74) is 1.98. The second kappa shape index (κ2) is 11.2. The topological polar surface area (TPSA) is 112 Å². The van der Waals surface area contributed by atoms with Crippen molar-refractivity contribution < 1.29 is 28.2 Å². The minimum absolute atomic E-state index is 0.0606. The van der Waals surface area contributed by atoms with Crippen LogP contribution in [0.3, 0.4) is 0 Å². The lowest BCUT2D eigenvalue weighted by Crippen LogP contribution is -2.32. The zero-order chi connectivity index (χ0) is 28.5. The van der Waals surface area contributed by atoms with Gasteiger partial charge in [-0.1, -0.05) is 29.8 Å². The highest BCUT2D eigenvalue weighted by Gasteiger charge is 2.24. The zero-order valence-electron chi connectivity index (χ0n) is 21.4. The quantitative estimate of drug-likeness (QED) is 0.240. The van der Waals surface area contributed by atoms with Gasteiger partial charge in [-0.15, -0.1) is 0 Å². The summed E-state index contributed by atoms with van der Waals surface area (Å²) in [4.78, 5) is 28.5. The number of carboxylic acid groups (broad SMARTS) is 1. The predicted molar refractivity (Wildman–Crippen MR) is 144 cm³/mol. The van der Waals surface area contributed by atoms with Crippen LogP contribution in [0.2, 0.25) is 5.02 Å². The number of rotatable bonds is 9. The van der Waals surface area contributed by atoms with Gasteiger partial charge in [0, 0.05) is 30.5 Å². The summed E-state index contributed by atoms with van der Waals surface area (Å²) in [5.74, 6) is -1.95. The number of benzene rings is 2. The van der Waals surface area contributed by atoms with E-state index in [1.54, 1.807) is 22.8 Å². The molecule has 1 aliphatic rings. The molecule has 1 fully saturated rings. The number of halogens is 3. The second-order valence-electron chi connectivity index (χ2n) is 9.54. The van der Waals surface area contributed by atoms with Gasteiger partial charge in [-0.05, 0) is 47.9 Å². The Bertz CT molecular complexity index is 1760. The van der Waals surface area contributed by atoms with Crippen molar-refractivity contribution in [3.05, 3.63) is 106 Å². The van der Waals surface area contributed by atoms with E-state index in [0.29, 0.717) is 53.0 Å². The van der Waals surface area contributed by atoms with E-state index in [1.807, 2.05) is 12.1 Å². The Hall–Kier alpha value is -4.48. The standard InChI is InChI=1S/C29H22ClF2N5O4/c30-18-4-1-16(2-5-18)11-25-33-14-22(32)28(36-25)41-19-6-3-17(21(31)13-19)12-26-34-23-7-8-24(29(38)39)35-27(23)37(26)15-20-9-10-40-20/h1-8,13-14,20H,9-12,15H2,(H,38,39). The molecule has 1 unspecified atom stereocenters. The molecule has 0 aliphatic carbocycles. The average Bonchev–Trinajstić information content (AvgIpc) is 3.27. The number of imidazole rings is 1. The highest BCUT2D eigenvalue weighted by atomic mass is 35.5. The summed E-state index contributed by atoms with van der Waals surface area (Å²) in [6, 6.07) is 14.3. The first kappa shape index (κ1) is 26.7. The molecule has 41 heavy (non-hydrogen) atoms. The third-order valence-electron chi connectivity index (χ3n) is 6.69. The maximum Gasteiger partial charge on any atom is 0.354 e. The van der Waals surface area contributed by atoms with Crippen molar-refractivity contribution in [3.8, 4) is 11.6 Å². The van der Waals surface area contributed by atoms with Gasteiger partial charge in [0.2, 0.25) is 5.82 Å². The fraction of sp³-hybridized carbons (Fsp3) is 0.207. The van der Waals surface area contributed by atoms with Crippen LogP contribution in [0.25, 0.3) is 11.2 Å². The molecule has 2 aromatic carbocycles. The molecule has 3 aromatic heterocycles. The van der Waals surface area contributed by atoms with Crippen molar-refractivity contribution in [2.45, 2.75) is 31.9 Å². The summed E-state index contributed by atoms with van der Waals surface area (Å²) in [6.45, 7) is 1.06. The molecule has 0 radical (unpaired) electrons. The van der Waals surface area contributed by atoms with Crippen LogP contribution in [0.4, 0.5) is 8.78 Å². The van der Waals surface area contributed by atoms with E-state index in [4.69, 9.17) is 21.1 Å². The lowest BCUT2D eigenvalue weighted by atomic mass is 10.1. The van der Waals surface area contributed by atoms with Crippen molar-refractivity contribution >= 4 is 28.7 Å². The Morgan fingerprint density at radius 2 is 1.85 bits per heavy atom. The lowest BCUT2D eigenvalue weighted by molar-refractivity contribution is -0.0590. The van der Waals surface area contributed by atoms with Crippen molar-refractivity contribution in [1.82, 2.24) is 24.5 Å². The normalized spacial score (nSPS) is 14.7. The number of nitrogens with zero attached hydrogens (tertiary/aromatic N) is 5. The molecular weight excluding hydrogens is 556 g/mol. The fourth-order valence-corrected chi connectivity index (χ4v) is 4.60. The van der Waals surface area contributed by atoms with Crippen LogP contribution < -0.4 is 4.74 Å². The highest BCUT2D eigenvalue weighted by Crippen LogP contribution is 2.27. The average molecular weight is 578 g/mol. The number of hydrogen-bond donors (Lipinski definition) is 1. The molecule has 0 saturated carbocycles. The summed E-state index contributed by atoms with van der Waals surface area (Å²) < 4.78 is 42.6. The second-order valence-corrected chi connectivity index (χ2v) is 9.98. The van der Waals surface area contributed by atoms with E-state index < -0.39 is 17.6 Å². The molecule has 12 heteroatoms. The molecule has 5 aromatic rings. The Kier molecular flexibility index (Phi) is 7.29. The smallest absolute Gasteiger partial charge is 0.354 e. The van der Waals surface area contributed by atoms with Gasteiger partial charge >= 0.3 is 5.97 Å². The Morgan fingerprint density at radius 1 is 1.05 bits per heavy atom. The van der Waals surface area contributed by atoms with Crippen LogP contribution in [0.1, 0.15) is 39.7 Å². The number of pyridine rings is 1. The number of hydrogen-bond acceptors (Lipinski definition) is 7. The summed E-state index contributed by atoms with van der Waals surface area (Å²) >= 11 is 5.93. The number of carboxylic acids is 1. The summed E-state index contributed by atoms with van der Waals surface area (Å²) in [6.07, 6.45) is 2.23. The molecular formula is C29H22ClF2N5O4. The van der Waals surface area contributed by atoms with E-state index in [2.05, 4.69) is 19.9 Å². The van der Waals surface area contributed by atoms with Crippen LogP contribution in [0.15, 0.2) is 60.8 Å². The highest BCUT2D eigenvalue weighted by molar-refractivity contribution is 6.30. The minimum atomic E-state index is -1.15. The number of aromatic nitrogens is 5. The van der Waals surface area contributed by atoms with Gasteiger partial charge in [-0.2, -0.15) is 9.37 Å². The third-order valence-corrected chi connectivity index (χ3v) is 6.95. The van der Waals surface area contributed by atoms with Crippen LogP contribution >= 0.6 is 11.6 Å². The van der Waals surface area contributed by atoms with Gasteiger partial charge in [0.05, 0.1) is 18.8 Å². The van der Waals surface area contributed by atoms with Gasteiger partial charge in [0.1, 0.15) is 28.7 Å². The largest absolute Gasteiger partial charge is 0.477 e. The van der Waals surface area contributed by atoms with Crippen LogP contribution in [0.5, 0.6) is 11.6 Å². The molecule has 4 heterocycles. The summed E-state index contributed by atoms with van der Waals surface area (Å²) in [7, 11) is 0. The molecule has 1 atom stereocenters. The Labute approximate surface area is 237 Å². The molecule has 6 rings (SSSR count). The van der Waals surface area contributed by atoms with Gasteiger partial charge in [0.15, 0.2) is 11.3 Å². The van der Waals surface area contributed by atoms with Gasteiger partial charge in [0.25, 0.3) is 5.88 Å². The molecule has 1 saturated heterocycles. The zero-order valence-corrected chi connectivity index (χ0v) is 22.2. The van der Waals surface area contributed by atoms with Gasteiger partial charge in [-0.25, -0.2) is 24.1 Å². The number of fused-ring (bicyclic) bond motifs is 1. The van der Waals surface area contributed by atoms with Crippen LogP contribution in [0, 0.1) is 11.6 Å². The molecule has 208 valence electrons. The van der Waals surface area contributed by atoms with Crippen molar-refractivity contribution in [2.24, 2.45) is 0 Å². The molecule has 0 spiro atoms. The third kappa shape index (κ3) is 5.86. The maximum absolute atomic E-state index is 15.3. The minimum Gasteiger partial charge on any atom is -0.477 e. The van der Waals surface area contributed by atoms with E-state index in [9.17, 15) is 14.3 Å². The van der Waals surface area contributed by atoms with E-state index >= 15 is 4.39 Å². The first-order chi connectivity index (χ1) is 19.8. The lowest BCUT2D eigenvalue weighted by Gasteiger charge is -2.27. The molecule has 0 amide bonds. The maximum atomic E-state index is 15.3. The predicted octanol–water partition coefficient (Wildman–Crippen LogP) is 5.61. The fourth-order valence-electron chi connectivity index (χ4n) is 4.47. The molecule has 0 bridgehead atoms. The number of carbonyl (C=O) groups is 1. The monoisotopic (exact) mass is 577 g/mol.